The van der Waals surface area contributed by atoms with Crippen molar-refractivity contribution in [2.75, 3.05) is 27.2 Å². The Kier molecular flexibility index (Phi) is 5.25. The van der Waals surface area contributed by atoms with Crippen LogP contribution in [0.2, 0.25) is 0 Å². The molecule has 0 aromatic carbocycles. The van der Waals surface area contributed by atoms with Gasteiger partial charge >= 0.3 is 5.97 Å². The van der Waals surface area contributed by atoms with E-state index in [1.165, 1.54) is 7.11 Å². The molecule has 0 aliphatic carbocycles. The quantitative estimate of drug-likeness (QED) is 0.680. The summed E-state index contributed by atoms with van der Waals surface area (Å²) in [5.74, 6) is -0.0952. The van der Waals surface area contributed by atoms with E-state index in [-0.39, 0.29) is 17.9 Å². The molecule has 5 heteroatoms. The Bertz CT molecular complexity index is 250. The average molecular weight is 228 g/mol. The fraction of sp³-hybridized carbons (Fsp3) is 0.818. The van der Waals surface area contributed by atoms with Crippen molar-refractivity contribution in [2.24, 2.45) is 0 Å². The van der Waals surface area contributed by atoms with Crippen LogP contribution in [0.4, 0.5) is 0 Å². The fourth-order valence-corrected chi connectivity index (χ4v) is 1.83. The Labute approximate surface area is 96.1 Å². The van der Waals surface area contributed by atoms with Crippen LogP contribution in [0.15, 0.2) is 0 Å². The van der Waals surface area contributed by atoms with E-state index in [1.807, 2.05) is 0 Å². The van der Waals surface area contributed by atoms with Gasteiger partial charge in [-0.3, -0.25) is 9.59 Å². The molecule has 1 atom stereocenters. The van der Waals surface area contributed by atoms with Gasteiger partial charge < -0.3 is 15.0 Å². The number of ether oxygens (including phenoxy) is 1. The van der Waals surface area contributed by atoms with E-state index < -0.39 is 0 Å². The molecular formula is C11H20N2O3. The summed E-state index contributed by atoms with van der Waals surface area (Å²) in [4.78, 5) is 24.4. The number of carbonyl (C=O) groups excluding carboxylic acids is 2. The number of methoxy groups -OCH3 is 1. The lowest BCUT2D eigenvalue weighted by molar-refractivity contribution is -0.141. The Balaban J connectivity index is 2.20. The van der Waals surface area contributed by atoms with Crippen molar-refractivity contribution in [3.05, 3.63) is 0 Å². The third kappa shape index (κ3) is 3.81. The molecular weight excluding hydrogens is 208 g/mol. The van der Waals surface area contributed by atoms with E-state index in [9.17, 15) is 9.59 Å². The van der Waals surface area contributed by atoms with E-state index in [1.54, 1.807) is 11.9 Å². The Morgan fingerprint density at radius 3 is 2.81 bits per heavy atom. The standard InChI is InChI=1S/C11H20N2O3/c1-13(8-4-6-10(14)16-2)11(15)9-5-3-7-12-9/h9,12H,3-8H2,1-2H3/t9-/m0/s1. The molecule has 0 unspecified atom stereocenters. The van der Waals surface area contributed by atoms with Crippen molar-refractivity contribution in [3.63, 3.8) is 0 Å². The topological polar surface area (TPSA) is 58.6 Å². The highest BCUT2D eigenvalue weighted by molar-refractivity contribution is 5.82. The minimum atomic E-state index is -0.222. The predicted octanol–water partition coefficient (Wildman–Crippen LogP) is 0.150. The minimum Gasteiger partial charge on any atom is -0.469 e. The lowest BCUT2D eigenvalue weighted by Gasteiger charge is -2.20. The zero-order chi connectivity index (χ0) is 12.0. The van der Waals surface area contributed by atoms with Crippen molar-refractivity contribution in [2.45, 2.75) is 31.7 Å². The normalized spacial score (nSPS) is 19.5. The molecule has 1 aliphatic rings. The maximum Gasteiger partial charge on any atom is 0.305 e. The van der Waals surface area contributed by atoms with Gasteiger partial charge in [0.05, 0.1) is 13.2 Å². The lowest BCUT2D eigenvalue weighted by atomic mass is 10.2. The number of nitrogens with one attached hydrogen (secondary N) is 1. The van der Waals surface area contributed by atoms with Gasteiger partial charge in [0.15, 0.2) is 0 Å². The molecule has 0 saturated carbocycles. The molecule has 16 heavy (non-hydrogen) atoms. The van der Waals surface area contributed by atoms with Crippen LogP contribution in [0, 0.1) is 0 Å². The van der Waals surface area contributed by atoms with Gasteiger partial charge in [-0.1, -0.05) is 0 Å². The zero-order valence-corrected chi connectivity index (χ0v) is 9.99. The van der Waals surface area contributed by atoms with Crippen molar-refractivity contribution in [1.29, 1.82) is 0 Å². The molecule has 5 nitrogen and oxygen atoms in total. The van der Waals surface area contributed by atoms with Gasteiger partial charge in [0.1, 0.15) is 0 Å². The van der Waals surface area contributed by atoms with Crippen molar-refractivity contribution in [3.8, 4) is 0 Å². The zero-order valence-electron chi connectivity index (χ0n) is 9.99. The van der Waals surface area contributed by atoms with Crippen LogP contribution in [-0.2, 0) is 14.3 Å². The van der Waals surface area contributed by atoms with Gasteiger partial charge in [0.2, 0.25) is 5.91 Å². The summed E-state index contributed by atoms with van der Waals surface area (Å²) in [6.45, 7) is 1.53. The number of nitrogens with zero attached hydrogens (tertiary/aromatic N) is 1. The fourth-order valence-electron chi connectivity index (χ4n) is 1.83. The smallest absolute Gasteiger partial charge is 0.305 e. The molecule has 0 radical (unpaired) electrons. The van der Waals surface area contributed by atoms with E-state index in [0.717, 1.165) is 19.4 Å². The maximum absolute atomic E-state index is 11.8. The van der Waals surface area contributed by atoms with E-state index in [0.29, 0.717) is 19.4 Å². The van der Waals surface area contributed by atoms with Crippen LogP contribution < -0.4 is 5.32 Å². The molecule has 1 heterocycles. The SMILES string of the molecule is COC(=O)CCCN(C)C(=O)[C@@H]1CCCN1. The Hall–Kier alpha value is -1.10. The van der Waals surface area contributed by atoms with Gasteiger partial charge in [-0.05, 0) is 25.8 Å². The highest BCUT2D eigenvalue weighted by Gasteiger charge is 2.24. The second-order valence-corrected chi connectivity index (χ2v) is 4.09. The van der Waals surface area contributed by atoms with Gasteiger partial charge in [-0.25, -0.2) is 0 Å². The molecule has 1 aliphatic heterocycles. The number of esters is 1. The first-order valence-corrected chi connectivity index (χ1v) is 5.70. The van der Waals surface area contributed by atoms with Gasteiger partial charge in [-0.15, -0.1) is 0 Å². The number of rotatable bonds is 5. The van der Waals surface area contributed by atoms with Crippen LogP contribution in [-0.4, -0.2) is 50.1 Å². The molecule has 1 N–H and O–H groups in total. The van der Waals surface area contributed by atoms with Crippen LogP contribution in [0.25, 0.3) is 0 Å². The van der Waals surface area contributed by atoms with Crippen LogP contribution >= 0.6 is 0 Å². The first kappa shape index (κ1) is 13.0. The summed E-state index contributed by atoms with van der Waals surface area (Å²) in [5.41, 5.74) is 0. The molecule has 1 fully saturated rings. The number of amides is 1. The predicted molar refractivity (Wildman–Crippen MR) is 59.9 cm³/mol. The summed E-state index contributed by atoms with van der Waals surface area (Å²) in [5, 5.41) is 3.16. The molecule has 1 amide bonds. The summed E-state index contributed by atoms with van der Waals surface area (Å²) >= 11 is 0. The van der Waals surface area contributed by atoms with Crippen molar-refractivity contribution in [1.82, 2.24) is 10.2 Å². The molecule has 0 aromatic heterocycles. The first-order valence-electron chi connectivity index (χ1n) is 5.70. The molecule has 1 saturated heterocycles. The summed E-state index contributed by atoms with van der Waals surface area (Å²) < 4.78 is 4.54. The highest BCUT2D eigenvalue weighted by atomic mass is 16.5. The number of hydrogen-bond donors (Lipinski definition) is 1. The third-order valence-electron chi connectivity index (χ3n) is 2.84. The van der Waals surface area contributed by atoms with Crippen molar-refractivity contribution >= 4 is 11.9 Å². The first-order chi connectivity index (χ1) is 7.65. The van der Waals surface area contributed by atoms with Crippen molar-refractivity contribution < 1.29 is 14.3 Å². The molecule has 0 bridgehead atoms. The summed E-state index contributed by atoms with van der Waals surface area (Å²) in [6, 6.07) is -0.0249. The Morgan fingerprint density at radius 2 is 2.25 bits per heavy atom. The van der Waals surface area contributed by atoms with Crippen LogP contribution in [0.5, 0.6) is 0 Å². The van der Waals surface area contributed by atoms with Gasteiger partial charge in [0.25, 0.3) is 0 Å². The van der Waals surface area contributed by atoms with Crippen LogP contribution in [0.3, 0.4) is 0 Å². The molecule has 1 rings (SSSR count). The molecule has 0 spiro atoms. The van der Waals surface area contributed by atoms with Gasteiger partial charge in [-0.2, -0.15) is 0 Å². The van der Waals surface area contributed by atoms with E-state index >= 15 is 0 Å². The Morgan fingerprint density at radius 1 is 1.50 bits per heavy atom. The summed E-state index contributed by atoms with van der Waals surface area (Å²) in [7, 11) is 3.15. The number of carbonyl (C=O) groups is 2. The average Bonchev–Trinajstić information content (AvgIpc) is 2.81. The summed E-state index contributed by atoms with van der Waals surface area (Å²) in [6.07, 6.45) is 3.00. The molecule has 92 valence electrons. The highest BCUT2D eigenvalue weighted by Crippen LogP contribution is 2.08. The largest absolute Gasteiger partial charge is 0.469 e. The third-order valence-corrected chi connectivity index (χ3v) is 2.84. The lowest BCUT2D eigenvalue weighted by Crippen LogP contribution is -2.42. The molecule has 0 aromatic rings. The van der Waals surface area contributed by atoms with Crippen LogP contribution in [0.1, 0.15) is 25.7 Å². The second kappa shape index (κ2) is 6.48. The maximum atomic E-state index is 11.8. The number of hydrogen-bond acceptors (Lipinski definition) is 4. The van der Waals surface area contributed by atoms with E-state index in [2.05, 4.69) is 10.1 Å². The minimum absolute atomic E-state index is 0.0249. The number of likely N-dealkylation sites (N-methyl/N-ethyl adjacent to an activating group) is 1. The van der Waals surface area contributed by atoms with Gasteiger partial charge in [0, 0.05) is 20.0 Å². The monoisotopic (exact) mass is 228 g/mol. The van der Waals surface area contributed by atoms with E-state index in [4.69, 9.17) is 0 Å². The second-order valence-electron chi connectivity index (χ2n) is 4.09.